The Balaban J connectivity index is 2.30. The molecule has 0 heterocycles. The molecule has 2 fully saturated rings. The Bertz CT molecular complexity index is 399. The van der Waals surface area contributed by atoms with Crippen LogP contribution in [0.2, 0.25) is 0 Å². The first-order valence-corrected chi connectivity index (χ1v) is 10.2. The van der Waals surface area contributed by atoms with Gasteiger partial charge in [-0.2, -0.15) is 0 Å². The van der Waals surface area contributed by atoms with Crippen LogP contribution in [0.3, 0.4) is 0 Å². The highest BCUT2D eigenvalue weighted by molar-refractivity contribution is 5.03. The van der Waals surface area contributed by atoms with Gasteiger partial charge in [0, 0.05) is 6.61 Å². The molecule has 2 rings (SSSR count). The van der Waals surface area contributed by atoms with Crippen molar-refractivity contribution < 1.29 is 5.11 Å². The van der Waals surface area contributed by atoms with E-state index in [-0.39, 0.29) is 5.41 Å². The highest BCUT2D eigenvalue weighted by atomic mass is 16.3. The van der Waals surface area contributed by atoms with Crippen LogP contribution >= 0.6 is 0 Å². The second-order valence-electron chi connectivity index (χ2n) is 10.3. The van der Waals surface area contributed by atoms with Gasteiger partial charge in [-0.3, -0.25) is 0 Å². The van der Waals surface area contributed by atoms with E-state index in [1.54, 1.807) is 0 Å². The van der Waals surface area contributed by atoms with Crippen LogP contribution in [0, 0.1) is 52.3 Å². The molecule has 1 nitrogen and oxygen atoms in total. The Morgan fingerprint density at radius 2 is 1.74 bits per heavy atom. The van der Waals surface area contributed by atoms with Gasteiger partial charge in [-0.1, -0.05) is 61.8 Å². The number of hydrogen-bond donors (Lipinski definition) is 1. The maximum atomic E-state index is 9.88. The zero-order valence-electron chi connectivity index (χ0n) is 17.0. The van der Waals surface area contributed by atoms with Crippen LogP contribution < -0.4 is 0 Å². The number of aliphatic hydroxyl groups is 1. The average Bonchev–Trinajstić information content (AvgIpc) is 2.46. The summed E-state index contributed by atoms with van der Waals surface area (Å²) in [6.07, 6.45) is 5.44. The molecule has 2 aliphatic rings. The van der Waals surface area contributed by atoms with Crippen molar-refractivity contribution in [1.29, 1.82) is 0 Å². The first-order chi connectivity index (χ1) is 10.6. The predicted molar refractivity (Wildman–Crippen MR) is 100 cm³/mol. The molecule has 136 valence electrons. The van der Waals surface area contributed by atoms with Crippen LogP contribution in [0.15, 0.2) is 0 Å². The Kier molecular flexibility index (Phi) is 5.61. The van der Waals surface area contributed by atoms with Gasteiger partial charge in [0.2, 0.25) is 0 Å². The van der Waals surface area contributed by atoms with Gasteiger partial charge in [-0.05, 0) is 71.5 Å². The summed E-state index contributed by atoms with van der Waals surface area (Å²) in [7, 11) is 0. The third kappa shape index (κ3) is 3.12. The third-order valence-electron chi connectivity index (χ3n) is 8.60. The summed E-state index contributed by atoms with van der Waals surface area (Å²) < 4.78 is 0. The minimum Gasteiger partial charge on any atom is -0.396 e. The summed E-state index contributed by atoms with van der Waals surface area (Å²) in [6, 6.07) is 0. The van der Waals surface area contributed by atoms with E-state index in [9.17, 15) is 5.11 Å². The van der Waals surface area contributed by atoms with Crippen LogP contribution in [0.25, 0.3) is 0 Å². The van der Waals surface area contributed by atoms with E-state index in [2.05, 4.69) is 55.4 Å². The lowest BCUT2D eigenvalue weighted by Gasteiger charge is -2.60. The molecule has 7 unspecified atom stereocenters. The fourth-order valence-electron chi connectivity index (χ4n) is 7.00. The van der Waals surface area contributed by atoms with Crippen molar-refractivity contribution in [3.8, 4) is 0 Å². The van der Waals surface area contributed by atoms with Crippen molar-refractivity contribution in [3.63, 3.8) is 0 Å². The van der Waals surface area contributed by atoms with E-state index in [0.29, 0.717) is 17.9 Å². The lowest BCUT2D eigenvalue weighted by molar-refractivity contribution is -0.115. The molecule has 23 heavy (non-hydrogen) atoms. The molecule has 0 saturated heterocycles. The summed E-state index contributed by atoms with van der Waals surface area (Å²) in [5, 5.41) is 9.88. The number of hydrogen-bond acceptors (Lipinski definition) is 1. The van der Waals surface area contributed by atoms with E-state index >= 15 is 0 Å². The highest BCUT2D eigenvalue weighted by Crippen LogP contribution is 2.61. The maximum absolute atomic E-state index is 9.88. The summed E-state index contributed by atoms with van der Waals surface area (Å²) in [4.78, 5) is 0. The van der Waals surface area contributed by atoms with E-state index in [1.165, 1.54) is 25.7 Å². The van der Waals surface area contributed by atoms with E-state index in [1.807, 2.05) is 0 Å². The second kappa shape index (κ2) is 6.70. The van der Waals surface area contributed by atoms with Crippen LogP contribution in [0.5, 0.6) is 0 Å². The lowest BCUT2D eigenvalue weighted by atomic mass is 9.45. The van der Waals surface area contributed by atoms with Gasteiger partial charge >= 0.3 is 0 Å². The summed E-state index contributed by atoms with van der Waals surface area (Å²) in [5.41, 5.74) is 0.582. The first kappa shape index (κ1) is 19.3. The molecule has 0 aliphatic heterocycles. The maximum Gasteiger partial charge on any atom is 0.0484 e. The minimum atomic E-state index is 0.0740. The molecule has 0 bridgehead atoms. The molecule has 1 heteroatoms. The SMILES string of the molecule is CCC1C(C)C2C(CCC(C(C)(C)CO)C2C)CC1(C)C(C)C. The first-order valence-electron chi connectivity index (χ1n) is 10.2. The quantitative estimate of drug-likeness (QED) is 0.672. The topological polar surface area (TPSA) is 20.2 Å². The third-order valence-corrected chi connectivity index (χ3v) is 8.60. The van der Waals surface area contributed by atoms with Gasteiger partial charge in [-0.15, -0.1) is 0 Å². The lowest BCUT2D eigenvalue weighted by Crippen LogP contribution is -2.53. The molecular formula is C22H42O. The molecule has 1 N–H and O–H groups in total. The molecule has 0 aromatic carbocycles. The van der Waals surface area contributed by atoms with E-state index < -0.39 is 0 Å². The fraction of sp³-hybridized carbons (Fsp3) is 1.00. The van der Waals surface area contributed by atoms with Crippen molar-refractivity contribution in [3.05, 3.63) is 0 Å². The summed E-state index contributed by atoms with van der Waals surface area (Å²) in [5.74, 6) is 5.63. The molecular weight excluding hydrogens is 280 g/mol. The van der Waals surface area contributed by atoms with Crippen molar-refractivity contribution in [2.45, 2.75) is 81.1 Å². The monoisotopic (exact) mass is 322 g/mol. The molecule has 0 radical (unpaired) electrons. The Labute approximate surface area is 145 Å². The summed E-state index contributed by atoms with van der Waals surface area (Å²) >= 11 is 0. The Morgan fingerprint density at radius 1 is 1.13 bits per heavy atom. The van der Waals surface area contributed by atoms with Gasteiger partial charge in [0.15, 0.2) is 0 Å². The standard InChI is InChI=1S/C22H42O/c1-9-18-15(4)20-16(5)19(21(6,7)13-23)11-10-17(20)12-22(18,8)14(2)3/h14-20,23H,9-13H2,1-8H3. The van der Waals surface area contributed by atoms with Gasteiger partial charge in [0.05, 0.1) is 0 Å². The van der Waals surface area contributed by atoms with Crippen LogP contribution in [0.1, 0.15) is 81.1 Å². The fourth-order valence-corrected chi connectivity index (χ4v) is 7.00. The van der Waals surface area contributed by atoms with Crippen LogP contribution in [0.4, 0.5) is 0 Å². The molecule has 0 aromatic rings. The number of aliphatic hydroxyl groups excluding tert-OH is 1. The van der Waals surface area contributed by atoms with E-state index in [0.717, 1.165) is 35.5 Å². The normalized spacial score (nSPS) is 45.1. The van der Waals surface area contributed by atoms with Crippen molar-refractivity contribution in [2.75, 3.05) is 6.61 Å². The van der Waals surface area contributed by atoms with Crippen LogP contribution in [-0.2, 0) is 0 Å². The van der Waals surface area contributed by atoms with Gasteiger partial charge in [0.1, 0.15) is 0 Å². The average molecular weight is 323 g/mol. The van der Waals surface area contributed by atoms with E-state index in [4.69, 9.17) is 0 Å². The largest absolute Gasteiger partial charge is 0.396 e. The highest BCUT2D eigenvalue weighted by Gasteiger charge is 2.54. The number of fused-ring (bicyclic) bond motifs is 1. The van der Waals surface area contributed by atoms with Crippen molar-refractivity contribution in [1.82, 2.24) is 0 Å². The van der Waals surface area contributed by atoms with Gasteiger partial charge in [0.25, 0.3) is 0 Å². The molecule has 0 aromatic heterocycles. The zero-order chi connectivity index (χ0) is 17.6. The van der Waals surface area contributed by atoms with Crippen molar-refractivity contribution in [2.24, 2.45) is 52.3 Å². The predicted octanol–water partition coefficient (Wildman–Crippen LogP) is 6.01. The molecule has 2 aliphatic carbocycles. The van der Waals surface area contributed by atoms with Gasteiger partial charge < -0.3 is 5.11 Å². The molecule has 0 spiro atoms. The molecule has 7 atom stereocenters. The number of rotatable bonds is 4. The van der Waals surface area contributed by atoms with Crippen LogP contribution in [-0.4, -0.2) is 11.7 Å². The smallest absolute Gasteiger partial charge is 0.0484 e. The summed E-state index contributed by atoms with van der Waals surface area (Å²) in [6.45, 7) is 19.8. The second-order valence-corrected chi connectivity index (χ2v) is 10.3. The molecule has 2 saturated carbocycles. The Hall–Kier alpha value is -0.0400. The molecule has 0 amide bonds. The van der Waals surface area contributed by atoms with Crippen molar-refractivity contribution >= 4 is 0 Å². The zero-order valence-corrected chi connectivity index (χ0v) is 17.0. The van der Waals surface area contributed by atoms with Gasteiger partial charge in [-0.25, -0.2) is 0 Å². The minimum absolute atomic E-state index is 0.0740. The Morgan fingerprint density at radius 3 is 2.22 bits per heavy atom.